The molecule has 0 aliphatic carbocycles. The lowest BCUT2D eigenvalue weighted by molar-refractivity contribution is 0.102. The number of aryl methyl sites for hydroxylation is 1. The molecule has 0 atom stereocenters. The number of hydrogen-bond acceptors (Lipinski definition) is 7. The van der Waals surface area contributed by atoms with E-state index in [4.69, 9.17) is 4.74 Å². The van der Waals surface area contributed by atoms with Crippen molar-refractivity contribution in [1.29, 1.82) is 0 Å². The van der Waals surface area contributed by atoms with Gasteiger partial charge in [-0.1, -0.05) is 31.1 Å². The molecule has 2 aromatic heterocycles. The number of thiazole rings is 1. The minimum Gasteiger partial charge on any atom is -0.486 e. The topological polar surface area (TPSA) is 77.0 Å². The molecule has 9 heteroatoms. The van der Waals surface area contributed by atoms with E-state index in [1.165, 1.54) is 34.8 Å². The third kappa shape index (κ3) is 5.80. The lowest BCUT2D eigenvalue weighted by atomic mass is 10.2. The summed E-state index contributed by atoms with van der Waals surface area (Å²) in [6, 6.07) is 5.75. The lowest BCUT2D eigenvalue weighted by Crippen LogP contribution is -2.12. The molecule has 0 radical (unpaired) electrons. The molecule has 1 N–H and O–H groups in total. The van der Waals surface area contributed by atoms with Crippen LogP contribution in [0.1, 0.15) is 46.7 Å². The Balaban J connectivity index is 1.51. The number of halogens is 1. The van der Waals surface area contributed by atoms with Gasteiger partial charge >= 0.3 is 0 Å². The molecule has 6 nitrogen and oxygen atoms in total. The highest BCUT2D eigenvalue weighted by molar-refractivity contribution is 7.15. The predicted octanol–water partition coefficient (Wildman–Crippen LogP) is 4.70. The zero-order chi connectivity index (χ0) is 19.1. The van der Waals surface area contributed by atoms with Gasteiger partial charge in [0.05, 0.1) is 0 Å². The van der Waals surface area contributed by atoms with Crippen LogP contribution in [0.25, 0.3) is 0 Å². The van der Waals surface area contributed by atoms with Crippen molar-refractivity contribution in [3.05, 3.63) is 51.2 Å². The van der Waals surface area contributed by atoms with E-state index in [0.717, 1.165) is 30.7 Å². The van der Waals surface area contributed by atoms with E-state index in [0.29, 0.717) is 21.6 Å². The maximum absolute atomic E-state index is 12.9. The third-order valence-corrected chi connectivity index (χ3v) is 5.36. The van der Waals surface area contributed by atoms with Gasteiger partial charge in [-0.3, -0.25) is 10.1 Å². The van der Waals surface area contributed by atoms with Gasteiger partial charge in [0.25, 0.3) is 5.91 Å². The van der Waals surface area contributed by atoms with Crippen LogP contribution >= 0.6 is 22.7 Å². The van der Waals surface area contributed by atoms with Gasteiger partial charge in [-0.25, -0.2) is 9.37 Å². The summed E-state index contributed by atoms with van der Waals surface area (Å²) in [6.07, 6.45) is 4.26. The Morgan fingerprint density at radius 1 is 1.19 bits per heavy atom. The van der Waals surface area contributed by atoms with E-state index in [1.807, 2.05) is 0 Å². The van der Waals surface area contributed by atoms with Crippen molar-refractivity contribution in [2.24, 2.45) is 0 Å². The summed E-state index contributed by atoms with van der Waals surface area (Å²) >= 11 is 2.71. The minimum absolute atomic E-state index is 0.212. The van der Waals surface area contributed by atoms with Crippen LogP contribution in [0, 0.1) is 5.82 Å². The zero-order valence-corrected chi connectivity index (χ0v) is 16.4. The number of anilines is 1. The van der Waals surface area contributed by atoms with Crippen LogP contribution < -0.4 is 10.1 Å². The molecule has 3 aromatic rings. The first-order valence-electron chi connectivity index (χ1n) is 8.60. The first-order valence-corrected chi connectivity index (χ1v) is 10.3. The van der Waals surface area contributed by atoms with Crippen molar-refractivity contribution >= 4 is 33.7 Å². The van der Waals surface area contributed by atoms with E-state index >= 15 is 0 Å². The molecule has 0 spiro atoms. The van der Waals surface area contributed by atoms with Crippen LogP contribution in [-0.2, 0) is 13.0 Å². The molecule has 0 saturated carbocycles. The summed E-state index contributed by atoms with van der Waals surface area (Å²) in [5.74, 6) is -0.0987. The maximum atomic E-state index is 12.9. The normalized spacial score (nSPS) is 10.7. The smallest absolute Gasteiger partial charge is 0.276 e. The summed E-state index contributed by atoms with van der Waals surface area (Å²) in [6.45, 7) is 2.36. The summed E-state index contributed by atoms with van der Waals surface area (Å²) < 4.78 is 18.4. The number of carbonyl (C=O) groups is 1. The Kier molecular flexibility index (Phi) is 6.83. The molecule has 0 bridgehead atoms. The number of nitrogens with zero attached hydrogens (tertiary/aromatic N) is 3. The Morgan fingerprint density at radius 2 is 2.00 bits per heavy atom. The zero-order valence-electron chi connectivity index (χ0n) is 14.8. The summed E-state index contributed by atoms with van der Waals surface area (Å²) in [5.41, 5.74) is 0.306. The van der Waals surface area contributed by atoms with Gasteiger partial charge in [0.1, 0.15) is 33.9 Å². The average Bonchev–Trinajstić information content (AvgIpc) is 3.31. The molecule has 2 heterocycles. The minimum atomic E-state index is -0.324. The van der Waals surface area contributed by atoms with Gasteiger partial charge in [0, 0.05) is 11.8 Å². The van der Waals surface area contributed by atoms with Gasteiger partial charge in [-0.15, -0.1) is 21.5 Å². The van der Waals surface area contributed by atoms with Crippen molar-refractivity contribution in [2.45, 2.75) is 39.2 Å². The Hall–Kier alpha value is -2.39. The van der Waals surface area contributed by atoms with E-state index in [9.17, 15) is 9.18 Å². The number of rotatable bonds is 9. The fourth-order valence-corrected chi connectivity index (χ4v) is 3.71. The van der Waals surface area contributed by atoms with E-state index < -0.39 is 0 Å². The fraction of sp³-hybridized carbons (Fsp3) is 0.333. The Morgan fingerprint density at radius 3 is 2.78 bits per heavy atom. The van der Waals surface area contributed by atoms with E-state index in [2.05, 4.69) is 27.4 Å². The number of hydrogen-bond donors (Lipinski definition) is 1. The van der Waals surface area contributed by atoms with Crippen LogP contribution in [0.5, 0.6) is 5.75 Å². The van der Waals surface area contributed by atoms with Crippen LogP contribution in [0.4, 0.5) is 9.52 Å². The van der Waals surface area contributed by atoms with E-state index in [-0.39, 0.29) is 18.3 Å². The molecule has 0 aliphatic heterocycles. The second kappa shape index (κ2) is 9.52. The first kappa shape index (κ1) is 19.4. The maximum Gasteiger partial charge on any atom is 0.276 e. The van der Waals surface area contributed by atoms with Crippen molar-refractivity contribution in [3.8, 4) is 5.75 Å². The van der Waals surface area contributed by atoms with E-state index in [1.54, 1.807) is 17.5 Å². The van der Waals surface area contributed by atoms with Crippen molar-refractivity contribution < 1.29 is 13.9 Å². The molecule has 1 amide bonds. The van der Waals surface area contributed by atoms with Gasteiger partial charge in [0.2, 0.25) is 5.13 Å². The summed E-state index contributed by atoms with van der Waals surface area (Å²) in [4.78, 5) is 16.6. The number of nitrogens with one attached hydrogen (secondary N) is 1. The largest absolute Gasteiger partial charge is 0.486 e. The quantitative estimate of drug-likeness (QED) is 0.521. The molecule has 0 saturated heterocycles. The van der Waals surface area contributed by atoms with Crippen molar-refractivity contribution in [2.75, 3.05) is 5.32 Å². The van der Waals surface area contributed by atoms with Crippen LogP contribution in [0.2, 0.25) is 0 Å². The number of unbranched alkanes of at least 4 members (excludes halogenated alkanes) is 2. The number of carbonyl (C=O) groups excluding carboxylic acids is 1. The fourth-order valence-electron chi connectivity index (χ4n) is 2.25. The molecule has 0 fully saturated rings. The summed E-state index contributed by atoms with van der Waals surface area (Å²) in [7, 11) is 0. The SMILES string of the molecule is CCCCCc1nnc(NC(=O)c2csc(COc3ccc(F)cc3)n2)s1. The Bertz CT molecular complexity index is 880. The highest BCUT2D eigenvalue weighted by Gasteiger charge is 2.14. The molecule has 1 aromatic carbocycles. The van der Waals surface area contributed by atoms with Gasteiger partial charge in [-0.2, -0.15) is 0 Å². The summed E-state index contributed by atoms with van der Waals surface area (Å²) in [5, 5.41) is 14.6. The molecule has 3 rings (SSSR count). The Labute approximate surface area is 164 Å². The molecule has 0 unspecified atom stereocenters. The number of ether oxygens (including phenoxy) is 1. The first-order chi connectivity index (χ1) is 13.1. The van der Waals surface area contributed by atoms with Crippen LogP contribution in [0.3, 0.4) is 0 Å². The van der Waals surface area contributed by atoms with Gasteiger partial charge in [0.15, 0.2) is 0 Å². The number of benzene rings is 1. The molecular formula is C18H19FN4O2S2. The number of amides is 1. The highest BCUT2D eigenvalue weighted by atomic mass is 32.1. The highest BCUT2D eigenvalue weighted by Crippen LogP contribution is 2.20. The van der Waals surface area contributed by atoms with Gasteiger partial charge in [-0.05, 0) is 30.7 Å². The molecule has 0 aliphatic rings. The van der Waals surface area contributed by atoms with Crippen molar-refractivity contribution in [3.63, 3.8) is 0 Å². The number of aromatic nitrogens is 3. The lowest BCUT2D eigenvalue weighted by Gasteiger charge is -2.03. The molecular weight excluding hydrogens is 387 g/mol. The monoisotopic (exact) mass is 406 g/mol. The molecule has 27 heavy (non-hydrogen) atoms. The average molecular weight is 407 g/mol. The predicted molar refractivity (Wildman–Crippen MR) is 104 cm³/mol. The van der Waals surface area contributed by atoms with Crippen LogP contribution in [-0.4, -0.2) is 21.1 Å². The second-order valence-corrected chi connectivity index (χ2v) is 7.79. The standard InChI is InChI=1S/C18H19FN4O2S2/c1-2-3-4-5-15-22-23-18(27-15)21-17(24)14-11-26-16(20-14)10-25-13-8-6-12(19)7-9-13/h6-9,11H,2-5,10H2,1H3,(H,21,23,24). The third-order valence-electron chi connectivity index (χ3n) is 3.64. The molecule has 142 valence electrons. The van der Waals surface area contributed by atoms with Gasteiger partial charge < -0.3 is 4.74 Å². The van der Waals surface area contributed by atoms with Crippen LogP contribution in [0.15, 0.2) is 29.6 Å². The van der Waals surface area contributed by atoms with Crippen molar-refractivity contribution in [1.82, 2.24) is 15.2 Å². The second-order valence-electron chi connectivity index (χ2n) is 5.78.